The second-order valence-electron chi connectivity index (χ2n) is 8.45. The minimum absolute atomic E-state index is 0.161. The molecule has 0 fully saturated rings. The third-order valence-corrected chi connectivity index (χ3v) is 6.03. The largest absolute Gasteiger partial charge is 0.0988 e. The van der Waals surface area contributed by atoms with E-state index in [0.717, 1.165) is 11.4 Å². The standard InChI is InChI=1S/C24H29ClS.C3H8/c1-8-18(9-2)14-21-16(3)13-20(25)15-23(21)26-22-11-10-19(12-17(22)4)24(5,6)7;1-3-2/h8,10-15H,1,9H2,2-7H3;3H2,1-2H3/b18-14-;. The summed E-state index contributed by atoms with van der Waals surface area (Å²) in [7, 11) is 0. The molecule has 29 heavy (non-hydrogen) atoms. The molecule has 0 saturated heterocycles. The van der Waals surface area contributed by atoms with Gasteiger partial charge in [-0.15, -0.1) is 0 Å². The van der Waals surface area contributed by atoms with Crippen molar-refractivity contribution in [2.45, 2.75) is 83.4 Å². The number of aryl methyl sites for hydroxylation is 2. The van der Waals surface area contributed by atoms with Gasteiger partial charge in [0.25, 0.3) is 0 Å². The summed E-state index contributed by atoms with van der Waals surface area (Å²) < 4.78 is 0. The topological polar surface area (TPSA) is 0 Å². The van der Waals surface area contributed by atoms with E-state index >= 15 is 0 Å². The molecule has 0 unspecified atom stereocenters. The maximum absolute atomic E-state index is 6.36. The summed E-state index contributed by atoms with van der Waals surface area (Å²) in [6.07, 6.45) is 6.39. The van der Waals surface area contributed by atoms with Crippen molar-refractivity contribution >= 4 is 29.4 Å². The van der Waals surface area contributed by atoms with E-state index in [1.54, 1.807) is 11.8 Å². The molecule has 0 N–H and O–H groups in total. The summed E-state index contributed by atoms with van der Waals surface area (Å²) in [6.45, 7) is 21.4. The fourth-order valence-corrected chi connectivity index (χ4v) is 4.28. The number of hydrogen-bond acceptors (Lipinski definition) is 1. The van der Waals surface area contributed by atoms with Crippen LogP contribution in [0.2, 0.25) is 5.02 Å². The third kappa shape index (κ3) is 7.72. The van der Waals surface area contributed by atoms with Gasteiger partial charge in [0.1, 0.15) is 0 Å². The Labute approximate surface area is 188 Å². The van der Waals surface area contributed by atoms with Gasteiger partial charge in [0, 0.05) is 14.8 Å². The first-order valence-electron chi connectivity index (χ1n) is 10.5. The monoisotopic (exact) mass is 428 g/mol. The van der Waals surface area contributed by atoms with Crippen LogP contribution in [0, 0.1) is 13.8 Å². The molecule has 0 atom stereocenters. The van der Waals surface area contributed by atoms with Crippen molar-refractivity contribution in [3.8, 4) is 0 Å². The molecular weight excluding hydrogens is 392 g/mol. The van der Waals surface area contributed by atoms with Gasteiger partial charge in [0.2, 0.25) is 0 Å². The molecule has 0 aliphatic heterocycles. The lowest BCUT2D eigenvalue weighted by molar-refractivity contribution is 0.589. The summed E-state index contributed by atoms with van der Waals surface area (Å²) in [4.78, 5) is 2.46. The van der Waals surface area contributed by atoms with Crippen molar-refractivity contribution in [2.75, 3.05) is 0 Å². The Morgan fingerprint density at radius 3 is 2.10 bits per heavy atom. The number of halogens is 1. The van der Waals surface area contributed by atoms with Crippen LogP contribution in [0.25, 0.3) is 6.08 Å². The molecule has 0 aliphatic carbocycles. The highest BCUT2D eigenvalue weighted by molar-refractivity contribution is 7.99. The molecular formula is C27H37ClS. The van der Waals surface area contributed by atoms with Gasteiger partial charge in [-0.2, -0.15) is 0 Å². The Hall–Kier alpha value is -1.44. The van der Waals surface area contributed by atoms with E-state index in [4.69, 9.17) is 11.6 Å². The van der Waals surface area contributed by atoms with E-state index < -0.39 is 0 Å². The summed E-state index contributed by atoms with van der Waals surface area (Å²) in [6, 6.07) is 10.9. The van der Waals surface area contributed by atoms with Gasteiger partial charge in [-0.1, -0.05) is 102 Å². The lowest BCUT2D eigenvalue weighted by Crippen LogP contribution is -2.11. The molecule has 0 heterocycles. The van der Waals surface area contributed by atoms with Gasteiger partial charge < -0.3 is 0 Å². The van der Waals surface area contributed by atoms with E-state index in [9.17, 15) is 0 Å². The lowest BCUT2D eigenvalue weighted by atomic mass is 9.86. The molecule has 2 aromatic carbocycles. The normalized spacial score (nSPS) is 11.7. The summed E-state index contributed by atoms with van der Waals surface area (Å²) >= 11 is 8.15. The molecule has 0 spiro atoms. The molecule has 0 nitrogen and oxygen atoms in total. The predicted octanol–water partition coefficient (Wildman–Crippen LogP) is 9.80. The van der Waals surface area contributed by atoms with Crippen molar-refractivity contribution in [2.24, 2.45) is 0 Å². The average molecular weight is 429 g/mol. The maximum Gasteiger partial charge on any atom is 0.0420 e. The smallest absolute Gasteiger partial charge is 0.0420 e. The lowest BCUT2D eigenvalue weighted by Gasteiger charge is -2.21. The predicted molar refractivity (Wildman–Crippen MR) is 135 cm³/mol. The Morgan fingerprint density at radius 1 is 1.00 bits per heavy atom. The summed E-state index contributed by atoms with van der Waals surface area (Å²) in [5.74, 6) is 0. The Balaban J connectivity index is 0.00000132. The van der Waals surface area contributed by atoms with Gasteiger partial charge in [-0.3, -0.25) is 0 Å². The highest BCUT2D eigenvalue weighted by Crippen LogP contribution is 2.38. The molecule has 0 radical (unpaired) electrons. The molecule has 2 heteroatoms. The number of rotatable bonds is 5. The van der Waals surface area contributed by atoms with Crippen LogP contribution >= 0.6 is 23.4 Å². The van der Waals surface area contributed by atoms with Crippen LogP contribution in [-0.2, 0) is 5.41 Å². The molecule has 2 aromatic rings. The molecule has 2 rings (SSSR count). The van der Waals surface area contributed by atoms with Crippen LogP contribution in [0.3, 0.4) is 0 Å². The zero-order valence-corrected chi connectivity index (χ0v) is 21.0. The first-order valence-corrected chi connectivity index (χ1v) is 11.7. The first kappa shape index (κ1) is 25.6. The van der Waals surface area contributed by atoms with E-state index in [0.29, 0.717) is 0 Å². The van der Waals surface area contributed by atoms with Gasteiger partial charge >= 0.3 is 0 Å². The molecule has 0 amide bonds. The zero-order valence-electron chi connectivity index (χ0n) is 19.4. The van der Waals surface area contributed by atoms with Gasteiger partial charge in [-0.05, 0) is 71.7 Å². The average Bonchev–Trinajstić information content (AvgIpc) is 2.62. The van der Waals surface area contributed by atoms with Crippen molar-refractivity contribution < 1.29 is 0 Å². The Morgan fingerprint density at radius 2 is 1.62 bits per heavy atom. The van der Waals surface area contributed by atoms with Crippen LogP contribution in [0.1, 0.15) is 76.6 Å². The van der Waals surface area contributed by atoms with Crippen LogP contribution < -0.4 is 0 Å². The second kappa shape index (κ2) is 11.7. The van der Waals surface area contributed by atoms with Crippen molar-refractivity contribution in [3.63, 3.8) is 0 Å². The molecule has 0 aromatic heterocycles. The van der Waals surface area contributed by atoms with E-state index in [1.165, 1.54) is 44.0 Å². The fourth-order valence-electron chi connectivity index (χ4n) is 2.83. The van der Waals surface area contributed by atoms with Crippen LogP contribution in [0.5, 0.6) is 0 Å². The van der Waals surface area contributed by atoms with Crippen LogP contribution in [0.15, 0.2) is 58.4 Å². The second-order valence-corrected chi connectivity index (χ2v) is 9.97. The van der Waals surface area contributed by atoms with Crippen molar-refractivity contribution in [1.82, 2.24) is 0 Å². The molecule has 0 bridgehead atoms. The molecule has 0 aliphatic rings. The first-order chi connectivity index (χ1) is 13.6. The number of hydrogen-bond donors (Lipinski definition) is 0. The summed E-state index contributed by atoms with van der Waals surface area (Å²) in [5.41, 5.74) is 6.48. The van der Waals surface area contributed by atoms with Gasteiger partial charge in [0.05, 0.1) is 0 Å². The third-order valence-electron chi connectivity index (χ3n) is 4.57. The minimum Gasteiger partial charge on any atom is -0.0988 e. The molecule has 0 saturated carbocycles. The highest BCUT2D eigenvalue weighted by atomic mass is 35.5. The van der Waals surface area contributed by atoms with Gasteiger partial charge in [0.15, 0.2) is 0 Å². The quantitative estimate of drug-likeness (QED) is 0.427. The number of allylic oxidation sites excluding steroid dienone is 2. The molecule has 158 valence electrons. The van der Waals surface area contributed by atoms with E-state index in [1.807, 2.05) is 12.1 Å². The van der Waals surface area contributed by atoms with E-state index in [2.05, 4.69) is 92.3 Å². The van der Waals surface area contributed by atoms with Crippen molar-refractivity contribution in [3.05, 3.63) is 75.8 Å². The van der Waals surface area contributed by atoms with Gasteiger partial charge in [-0.25, -0.2) is 0 Å². The summed E-state index contributed by atoms with van der Waals surface area (Å²) in [5, 5.41) is 0.780. The number of benzene rings is 2. The van der Waals surface area contributed by atoms with E-state index in [-0.39, 0.29) is 5.41 Å². The minimum atomic E-state index is 0.161. The van der Waals surface area contributed by atoms with Crippen molar-refractivity contribution in [1.29, 1.82) is 0 Å². The Bertz CT molecular complexity index is 854. The van der Waals surface area contributed by atoms with Crippen LogP contribution in [-0.4, -0.2) is 0 Å². The fraction of sp³-hybridized carbons (Fsp3) is 0.407. The zero-order chi connectivity index (χ0) is 22.2. The maximum atomic E-state index is 6.36. The Kier molecular flexibility index (Phi) is 10.3. The SMILES string of the molecule is C=C/C(=C/c1c(C)cc(Cl)cc1Sc1ccc(C(C)(C)C)cc1C)CC.CCC. The highest BCUT2D eigenvalue weighted by Gasteiger charge is 2.15. The van der Waals surface area contributed by atoms with Crippen LogP contribution in [0.4, 0.5) is 0 Å².